The van der Waals surface area contributed by atoms with Crippen LogP contribution in [0.4, 0.5) is 5.69 Å². The molecule has 2 aromatic rings. The van der Waals surface area contributed by atoms with Crippen molar-refractivity contribution in [2.75, 3.05) is 38.9 Å². The number of fused-ring (bicyclic) bond motifs is 2. The predicted octanol–water partition coefficient (Wildman–Crippen LogP) is 3.04. The number of carbonyl (C=O) groups is 2. The number of anilines is 1. The van der Waals surface area contributed by atoms with Gasteiger partial charge in [0, 0.05) is 42.7 Å². The number of aliphatic hydroxyl groups excluding tert-OH is 1. The summed E-state index contributed by atoms with van der Waals surface area (Å²) in [5.41, 5.74) is 2.51. The fourth-order valence-electron chi connectivity index (χ4n) is 5.04. The molecule has 9 heteroatoms. The predicted molar refractivity (Wildman–Crippen MR) is 142 cm³/mol. The lowest BCUT2D eigenvalue weighted by Crippen LogP contribution is -2.47. The molecule has 2 amide bonds. The molecule has 0 bridgehead atoms. The number of ether oxygens (including phenoxy) is 3. The average Bonchev–Trinajstić information content (AvgIpc) is 3.64. The highest BCUT2D eigenvalue weighted by atomic mass is 16.7. The molecule has 0 aromatic heterocycles. The third-order valence-electron chi connectivity index (χ3n) is 7.51. The van der Waals surface area contributed by atoms with Crippen LogP contribution >= 0.6 is 0 Å². The van der Waals surface area contributed by atoms with Gasteiger partial charge in [0.15, 0.2) is 11.5 Å². The van der Waals surface area contributed by atoms with Crippen LogP contribution in [0.2, 0.25) is 0 Å². The summed E-state index contributed by atoms with van der Waals surface area (Å²) in [5, 5.41) is 12.8. The standard InChI is InChI=1S/C29H37N3O6/c1-18-13-32(19(2)16-33)28(34)12-22-11-23(30-29(35)21-5-6-21)7-9-24(22)38-27(18)15-31(3)14-20-4-8-25-26(10-20)37-17-36-25/h4,7-11,18-19,21,27,33H,5-6,12-17H2,1-3H3,(H,30,35)/t18-,19+,27-/m1/s1. The normalized spacial score (nSPS) is 21.7. The highest BCUT2D eigenvalue weighted by Crippen LogP contribution is 2.34. The lowest BCUT2D eigenvalue weighted by atomic mass is 10.0. The molecule has 1 aliphatic carbocycles. The van der Waals surface area contributed by atoms with Gasteiger partial charge in [0.2, 0.25) is 18.6 Å². The van der Waals surface area contributed by atoms with Crippen LogP contribution in [0.25, 0.3) is 0 Å². The fraction of sp³-hybridized carbons (Fsp3) is 0.517. The highest BCUT2D eigenvalue weighted by Gasteiger charge is 2.32. The Morgan fingerprint density at radius 3 is 2.68 bits per heavy atom. The quantitative estimate of drug-likeness (QED) is 0.549. The van der Waals surface area contributed by atoms with Gasteiger partial charge < -0.3 is 29.5 Å². The number of nitrogens with one attached hydrogen (secondary N) is 1. The van der Waals surface area contributed by atoms with Crippen molar-refractivity contribution in [3.8, 4) is 17.2 Å². The first-order valence-corrected chi connectivity index (χ1v) is 13.4. The van der Waals surface area contributed by atoms with E-state index in [1.165, 1.54) is 0 Å². The van der Waals surface area contributed by atoms with Crippen molar-refractivity contribution in [2.24, 2.45) is 11.8 Å². The number of nitrogens with zero attached hydrogens (tertiary/aromatic N) is 2. The zero-order valence-corrected chi connectivity index (χ0v) is 22.3. The van der Waals surface area contributed by atoms with E-state index < -0.39 is 0 Å². The number of hydrogen-bond donors (Lipinski definition) is 2. The molecule has 3 aliphatic rings. The number of aliphatic hydroxyl groups is 1. The Morgan fingerprint density at radius 2 is 1.92 bits per heavy atom. The minimum atomic E-state index is -0.309. The van der Waals surface area contributed by atoms with E-state index in [9.17, 15) is 14.7 Å². The van der Waals surface area contributed by atoms with Crippen LogP contribution < -0.4 is 19.5 Å². The smallest absolute Gasteiger partial charge is 0.231 e. The van der Waals surface area contributed by atoms with E-state index in [0.29, 0.717) is 31.1 Å². The van der Waals surface area contributed by atoms with Crippen molar-refractivity contribution in [2.45, 2.75) is 51.8 Å². The Labute approximate surface area is 223 Å². The van der Waals surface area contributed by atoms with E-state index in [-0.39, 0.29) is 55.6 Å². The van der Waals surface area contributed by atoms with Gasteiger partial charge in [-0.05, 0) is 62.7 Å². The molecule has 3 atom stereocenters. The third-order valence-corrected chi connectivity index (χ3v) is 7.51. The first kappa shape index (κ1) is 26.3. The van der Waals surface area contributed by atoms with Crippen molar-refractivity contribution in [1.82, 2.24) is 9.80 Å². The molecule has 0 unspecified atom stereocenters. The molecule has 2 N–H and O–H groups in total. The van der Waals surface area contributed by atoms with Gasteiger partial charge in [-0.3, -0.25) is 14.5 Å². The summed E-state index contributed by atoms with van der Waals surface area (Å²) in [5.74, 6) is 2.22. The summed E-state index contributed by atoms with van der Waals surface area (Å²) in [4.78, 5) is 29.7. The maximum Gasteiger partial charge on any atom is 0.231 e. The van der Waals surface area contributed by atoms with Gasteiger partial charge in [-0.15, -0.1) is 0 Å². The van der Waals surface area contributed by atoms with Crippen LogP contribution in [0.15, 0.2) is 36.4 Å². The number of likely N-dealkylation sites (N-methyl/N-ethyl adjacent to an activating group) is 1. The van der Waals surface area contributed by atoms with Gasteiger partial charge in [0.05, 0.1) is 19.1 Å². The lowest BCUT2D eigenvalue weighted by Gasteiger charge is -2.34. The highest BCUT2D eigenvalue weighted by molar-refractivity contribution is 5.94. The van der Waals surface area contributed by atoms with Gasteiger partial charge in [-0.25, -0.2) is 0 Å². The lowest BCUT2D eigenvalue weighted by molar-refractivity contribution is -0.134. The maximum absolute atomic E-state index is 13.4. The van der Waals surface area contributed by atoms with Gasteiger partial charge in [-0.2, -0.15) is 0 Å². The Morgan fingerprint density at radius 1 is 1.16 bits per heavy atom. The molecule has 0 saturated heterocycles. The zero-order valence-electron chi connectivity index (χ0n) is 22.3. The van der Waals surface area contributed by atoms with Gasteiger partial charge in [-0.1, -0.05) is 13.0 Å². The minimum Gasteiger partial charge on any atom is -0.488 e. The number of carbonyl (C=O) groups excluding carboxylic acids is 2. The number of amides is 2. The van der Waals surface area contributed by atoms with E-state index in [1.807, 2.05) is 50.4 Å². The van der Waals surface area contributed by atoms with Crippen LogP contribution in [0.3, 0.4) is 0 Å². The number of hydrogen-bond acceptors (Lipinski definition) is 7. The van der Waals surface area contributed by atoms with Crippen molar-refractivity contribution in [3.05, 3.63) is 47.5 Å². The molecule has 0 radical (unpaired) electrons. The molecule has 2 aliphatic heterocycles. The summed E-state index contributed by atoms with van der Waals surface area (Å²) in [6.07, 6.45) is 1.77. The summed E-state index contributed by atoms with van der Waals surface area (Å²) in [6.45, 7) is 5.87. The Kier molecular flexibility index (Phi) is 7.76. The SMILES string of the molecule is C[C@@H]1CN([C@@H](C)CO)C(=O)Cc2cc(NC(=O)C3CC3)ccc2O[C@@H]1CN(C)Cc1ccc2c(c1)OCO2. The van der Waals surface area contributed by atoms with Gasteiger partial charge in [0.25, 0.3) is 0 Å². The van der Waals surface area contributed by atoms with E-state index in [0.717, 1.165) is 35.5 Å². The first-order chi connectivity index (χ1) is 18.3. The van der Waals surface area contributed by atoms with Crippen LogP contribution in [0.1, 0.15) is 37.8 Å². The van der Waals surface area contributed by atoms with Crippen molar-refractivity contribution in [1.29, 1.82) is 0 Å². The van der Waals surface area contributed by atoms with Crippen molar-refractivity contribution >= 4 is 17.5 Å². The molecular formula is C29H37N3O6. The van der Waals surface area contributed by atoms with E-state index >= 15 is 0 Å². The van der Waals surface area contributed by atoms with Gasteiger partial charge in [0.1, 0.15) is 11.9 Å². The summed E-state index contributed by atoms with van der Waals surface area (Å²) >= 11 is 0. The molecule has 2 heterocycles. The second-order valence-electron chi connectivity index (χ2n) is 10.9. The Hall–Kier alpha value is -3.30. The molecule has 5 rings (SSSR count). The molecule has 0 spiro atoms. The van der Waals surface area contributed by atoms with Gasteiger partial charge >= 0.3 is 0 Å². The Bertz CT molecular complexity index is 1180. The summed E-state index contributed by atoms with van der Waals surface area (Å²) in [7, 11) is 2.05. The van der Waals surface area contributed by atoms with Crippen LogP contribution in [-0.4, -0.2) is 72.4 Å². The molecule has 9 nitrogen and oxygen atoms in total. The molecule has 204 valence electrons. The largest absolute Gasteiger partial charge is 0.488 e. The molecule has 1 fully saturated rings. The maximum atomic E-state index is 13.4. The van der Waals surface area contributed by atoms with Crippen LogP contribution in [0, 0.1) is 11.8 Å². The Balaban J connectivity index is 1.37. The van der Waals surface area contributed by atoms with Crippen molar-refractivity contribution in [3.63, 3.8) is 0 Å². The topological polar surface area (TPSA) is 101 Å². The summed E-state index contributed by atoms with van der Waals surface area (Å²) in [6, 6.07) is 11.2. The number of benzene rings is 2. The van der Waals surface area contributed by atoms with Crippen molar-refractivity contribution < 1.29 is 28.9 Å². The average molecular weight is 524 g/mol. The summed E-state index contributed by atoms with van der Waals surface area (Å²) < 4.78 is 17.6. The monoisotopic (exact) mass is 523 g/mol. The third kappa shape index (κ3) is 6.05. The second kappa shape index (κ2) is 11.2. The van der Waals surface area contributed by atoms with E-state index in [1.54, 1.807) is 4.90 Å². The van der Waals surface area contributed by atoms with Crippen LogP contribution in [0.5, 0.6) is 17.2 Å². The van der Waals surface area contributed by atoms with Crippen LogP contribution in [-0.2, 0) is 22.6 Å². The molecule has 38 heavy (non-hydrogen) atoms. The zero-order chi connectivity index (χ0) is 26.8. The van der Waals surface area contributed by atoms with E-state index in [2.05, 4.69) is 17.1 Å². The first-order valence-electron chi connectivity index (χ1n) is 13.4. The minimum absolute atomic E-state index is 0.00681. The van der Waals surface area contributed by atoms with E-state index in [4.69, 9.17) is 14.2 Å². The number of rotatable bonds is 8. The fourth-order valence-corrected chi connectivity index (χ4v) is 5.04. The molecular weight excluding hydrogens is 486 g/mol. The molecule has 2 aromatic carbocycles. The molecule has 1 saturated carbocycles. The second-order valence-corrected chi connectivity index (χ2v) is 10.9.